The molecule has 2 heteroatoms. The molecule has 22 heavy (non-hydrogen) atoms. The van der Waals surface area contributed by atoms with Crippen LogP contribution in [0.5, 0.6) is 5.75 Å². The average Bonchev–Trinajstić information content (AvgIpc) is 2.90. The van der Waals surface area contributed by atoms with Crippen LogP contribution >= 0.6 is 11.3 Å². The van der Waals surface area contributed by atoms with E-state index < -0.39 is 0 Å². The van der Waals surface area contributed by atoms with Gasteiger partial charge in [0, 0.05) is 9.58 Å². The van der Waals surface area contributed by atoms with E-state index in [0.29, 0.717) is 6.10 Å². The Kier molecular flexibility index (Phi) is 5.41. The minimum Gasteiger partial charge on any atom is -0.491 e. The van der Waals surface area contributed by atoms with E-state index >= 15 is 0 Å². The molecule has 0 aliphatic heterocycles. The summed E-state index contributed by atoms with van der Waals surface area (Å²) in [6, 6.07) is 6.71. The van der Waals surface area contributed by atoms with Crippen molar-refractivity contribution in [3.8, 4) is 5.75 Å². The van der Waals surface area contributed by atoms with Crippen LogP contribution < -0.4 is 4.74 Å². The van der Waals surface area contributed by atoms with Crippen molar-refractivity contribution in [1.82, 2.24) is 0 Å². The molecule has 1 heterocycles. The van der Waals surface area contributed by atoms with Crippen LogP contribution in [-0.4, -0.2) is 6.10 Å². The number of thiophene rings is 1. The number of fused-ring (bicyclic) bond motifs is 3. The van der Waals surface area contributed by atoms with Crippen molar-refractivity contribution < 1.29 is 4.74 Å². The fourth-order valence-electron chi connectivity index (χ4n) is 3.46. The number of aryl methyl sites for hydroxylation is 2. The highest BCUT2D eigenvalue weighted by atomic mass is 32.1. The van der Waals surface area contributed by atoms with Crippen LogP contribution in [0.25, 0.3) is 10.1 Å². The SMILES string of the molecule is CCCCCCC(C)Oc1ccc2sc3c(c2c1)CCCC3. The van der Waals surface area contributed by atoms with Crippen molar-refractivity contribution >= 4 is 21.4 Å². The highest BCUT2D eigenvalue weighted by molar-refractivity contribution is 7.19. The van der Waals surface area contributed by atoms with Crippen molar-refractivity contribution in [3.63, 3.8) is 0 Å². The lowest BCUT2D eigenvalue weighted by atomic mass is 9.96. The Hall–Kier alpha value is -1.02. The number of hydrogen-bond donors (Lipinski definition) is 0. The van der Waals surface area contributed by atoms with Gasteiger partial charge in [0.25, 0.3) is 0 Å². The molecule has 1 unspecified atom stereocenters. The average molecular weight is 317 g/mol. The molecule has 0 saturated heterocycles. The van der Waals surface area contributed by atoms with Crippen molar-refractivity contribution in [2.45, 2.75) is 77.7 Å². The van der Waals surface area contributed by atoms with Crippen molar-refractivity contribution in [2.24, 2.45) is 0 Å². The van der Waals surface area contributed by atoms with Gasteiger partial charge in [-0.15, -0.1) is 11.3 Å². The summed E-state index contributed by atoms with van der Waals surface area (Å²) in [6.07, 6.45) is 12.0. The summed E-state index contributed by atoms with van der Waals surface area (Å²) < 4.78 is 7.61. The van der Waals surface area contributed by atoms with E-state index in [1.54, 1.807) is 10.4 Å². The Balaban J connectivity index is 1.66. The van der Waals surface area contributed by atoms with Gasteiger partial charge in [-0.2, -0.15) is 0 Å². The second-order valence-corrected chi connectivity index (χ2v) is 7.78. The summed E-state index contributed by atoms with van der Waals surface area (Å²) >= 11 is 1.99. The van der Waals surface area contributed by atoms with E-state index in [2.05, 4.69) is 32.0 Å². The van der Waals surface area contributed by atoms with Gasteiger partial charge >= 0.3 is 0 Å². The van der Waals surface area contributed by atoms with Gasteiger partial charge in [-0.25, -0.2) is 0 Å². The molecule has 0 fully saturated rings. The van der Waals surface area contributed by atoms with Gasteiger partial charge in [0.05, 0.1) is 6.10 Å². The van der Waals surface area contributed by atoms with E-state index in [4.69, 9.17) is 4.74 Å². The molecule has 1 aromatic heterocycles. The molecule has 1 aliphatic carbocycles. The number of rotatable bonds is 7. The predicted molar refractivity (Wildman–Crippen MR) is 97.3 cm³/mol. The van der Waals surface area contributed by atoms with Gasteiger partial charge in [-0.1, -0.05) is 26.2 Å². The normalized spacial score (nSPS) is 15.7. The number of hydrogen-bond acceptors (Lipinski definition) is 2. The summed E-state index contributed by atoms with van der Waals surface area (Å²) in [4.78, 5) is 1.62. The third kappa shape index (κ3) is 3.65. The molecule has 1 aromatic carbocycles. The molecule has 1 aliphatic rings. The van der Waals surface area contributed by atoms with Crippen molar-refractivity contribution in [1.29, 1.82) is 0 Å². The monoisotopic (exact) mass is 316 g/mol. The summed E-state index contributed by atoms with van der Waals surface area (Å²) in [5.41, 5.74) is 1.60. The zero-order valence-electron chi connectivity index (χ0n) is 14.0. The molecule has 0 saturated carbocycles. The first-order chi connectivity index (χ1) is 10.8. The van der Waals surface area contributed by atoms with Crippen molar-refractivity contribution in [3.05, 3.63) is 28.6 Å². The molecule has 0 radical (unpaired) electrons. The Morgan fingerprint density at radius 1 is 1.14 bits per heavy atom. The first kappa shape index (κ1) is 15.9. The maximum atomic E-state index is 6.17. The standard InChI is InChI=1S/C20H28OS/c1-3-4-5-6-9-15(2)21-16-12-13-20-18(14-16)17-10-7-8-11-19(17)22-20/h12-15H,3-11H2,1-2H3. The quantitative estimate of drug-likeness (QED) is 0.528. The summed E-state index contributed by atoms with van der Waals surface area (Å²) in [7, 11) is 0. The number of ether oxygens (including phenoxy) is 1. The molecule has 3 rings (SSSR count). The highest BCUT2D eigenvalue weighted by Gasteiger charge is 2.16. The summed E-state index contributed by atoms with van der Waals surface area (Å²) in [5, 5.41) is 1.45. The maximum absolute atomic E-state index is 6.17. The summed E-state index contributed by atoms with van der Waals surface area (Å²) in [6.45, 7) is 4.47. The fraction of sp³-hybridized carbons (Fsp3) is 0.600. The van der Waals surface area contributed by atoms with Gasteiger partial charge in [-0.3, -0.25) is 0 Å². The summed E-state index contributed by atoms with van der Waals surface area (Å²) in [5.74, 6) is 1.06. The molecule has 0 bridgehead atoms. The zero-order valence-corrected chi connectivity index (χ0v) is 14.8. The first-order valence-electron chi connectivity index (χ1n) is 8.99. The van der Waals surface area contributed by atoms with Crippen LogP contribution in [0.1, 0.15) is 69.2 Å². The smallest absolute Gasteiger partial charge is 0.120 e. The molecular formula is C20H28OS. The van der Waals surface area contributed by atoms with E-state index in [1.165, 1.54) is 67.9 Å². The Morgan fingerprint density at radius 3 is 2.86 bits per heavy atom. The lowest BCUT2D eigenvalue weighted by Crippen LogP contribution is -2.11. The Labute approximate surface area is 138 Å². The second-order valence-electron chi connectivity index (χ2n) is 6.65. The predicted octanol–water partition coefficient (Wildman–Crippen LogP) is 6.52. The molecular weight excluding hydrogens is 288 g/mol. The van der Waals surface area contributed by atoms with Crippen LogP contribution in [0.4, 0.5) is 0 Å². The van der Waals surface area contributed by atoms with E-state index in [1.807, 2.05) is 11.3 Å². The van der Waals surface area contributed by atoms with Crippen LogP contribution in [0.2, 0.25) is 0 Å². The molecule has 2 aromatic rings. The van der Waals surface area contributed by atoms with Crippen LogP contribution in [0, 0.1) is 0 Å². The molecule has 1 atom stereocenters. The van der Waals surface area contributed by atoms with Gasteiger partial charge in [0.1, 0.15) is 5.75 Å². The molecule has 1 nitrogen and oxygen atoms in total. The molecule has 120 valence electrons. The van der Waals surface area contributed by atoms with Gasteiger partial charge < -0.3 is 4.74 Å². The second kappa shape index (κ2) is 7.50. The molecule has 0 N–H and O–H groups in total. The number of benzene rings is 1. The lowest BCUT2D eigenvalue weighted by Gasteiger charge is -2.15. The topological polar surface area (TPSA) is 9.23 Å². The van der Waals surface area contributed by atoms with E-state index in [-0.39, 0.29) is 0 Å². The van der Waals surface area contributed by atoms with E-state index in [9.17, 15) is 0 Å². The van der Waals surface area contributed by atoms with Crippen LogP contribution in [-0.2, 0) is 12.8 Å². The largest absolute Gasteiger partial charge is 0.491 e. The van der Waals surface area contributed by atoms with Crippen LogP contribution in [0.3, 0.4) is 0 Å². The minimum atomic E-state index is 0.323. The third-order valence-electron chi connectivity index (χ3n) is 4.73. The fourth-order valence-corrected chi connectivity index (χ4v) is 4.74. The molecule has 0 spiro atoms. The third-order valence-corrected chi connectivity index (χ3v) is 6.00. The lowest BCUT2D eigenvalue weighted by molar-refractivity contribution is 0.206. The van der Waals surface area contributed by atoms with Crippen molar-refractivity contribution in [2.75, 3.05) is 0 Å². The molecule has 0 amide bonds. The number of unbranched alkanes of at least 4 members (excludes halogenated alkanes) is 3. The minimum absolute atomic E-state index is 0.323. The van der Waals surface area contributed by atoms with Gasteiger partial charge in [0.15, 0.2) is 0 Å². The highest BCUT2D eigenvalue weighted by Crippen LogP contribution is 2.38. The van der Waals surface area contributed by atoms with Gasteiger partial charge in [0.2, 0.25) is 0 Å². The van der Waals surface area contributed by atoms with Crippen LogP contribution in [0.15, 0.2) is 18.2 Å². The maximum Gasteiger partial charge on any atom is 0.120 e. The Morgan fingerprint density at radius 2 is 2.00 bits per heavy atom. The van der Waals surface area contributed by atoms with Gasteiger partial charge in [-0.05, 0) is 74.6 Å². The first-order valence-corrected chi connectivity index (χ1v) is 9.80. The zero-order chi connectivity index (χ0) is 15.4. The Bertz CT molecular complexity index is 613. The van der Waals surface area contributed by atoms with E-state index in [0.717, 1.165) is 5.75 Å².